The van der Waals surface area contributed by atoms with Gasteiger partial charge in [-0.3, -0.25) is 0 Å². The summed E-state index contributed by atoms with van der Waals surface area (Å²) < 4.78 is 1.09. The van der Waals surface area contributed by atoms with Crippen molar-refractivity contribution in [3.05, 3.63) is 38.0 Å². The molecule has 0 saturated heterocycles. The predicted molar refractivity (Wildman–Crippen MR) is 70.8 cm³/mol. The molecule has 0 saturated carbocycles. The lowest BCUT2D eigenvalue weighted by atomic mass is 10.2. The van der Waals surface area contributed by atoms with Crippen LogP contribution in [-0.2, 0) is 6.42 Å². The molecular weight excluding hydrogens is 265 g/mol. The van der Waals surface area contributed by atoms with Crippen LogP contribution in [0.1, 0.15) is 11.8 Å². The van der Waals surface area contributed by atoms with E-state index in [1.165, 1.54) is 0 Å². The van der Waals surface area contributed by atoms with Gasteiger partial charge in [0, 0.05) is 26.4 Å². The Labute approximate surface area is 107 Å². The van der Waals surface area contributed by atoms with Crippen molar-refractivity contribution in [2.24, 2.45) is 5.18 Å². The van der Waals surface area contributed by atoms with Crippen LogP contribution in [0, 0.1) is 4.91 Å². The van der Waals surface area contributed by atoms with Crippen molar-refractivity contribution >= 4 is 44.6 Å². The minimum absolute atomic E-state index is 0.249. The fraction of sp³-hybridized carbons (Fsp3) is 0.273. The van der Waals surface area contributed by atoms with Crippen LogP contribution in [0.5, 0.6) is 0 Å². The Hall–Kier alpha value is -0.640. The van der Waals surface area contributed by atoms with Crippen LogP contribution in [0.3, 0.4) is 0 Å². The van der Waals surface area contributed by atoms with Crippen molar-refractivity contribution in [2.75, 3.05) is 0 Å². The summed E-state index contributed by atoms with van der Waals surface area (Å²) in [5.41, 5.74) is 0. The summed E-state index contributed by atoms with van der Waals surface area (Å²) in [6.45, 7) is 1.78. The molecule has 0 spiro atoms. The molecule has 1 aromatic carbocycles. The second-order valence-corrected chi connectivity index (χ2v) is 5.59. The van der Waals surface area contributed by atoms with Gasteiger partial charge in [-0.2, -0.15) is 4.91 Å². The number of benzene rings is 1. The highest BCUT2D eigenvalue weighted by molar-refractivity contribution is 7.19. The molecule has 1 aromatic heterocycles. The van der Waals surface area contributed by atoms with Gasteiger partial charge in [-0.05, 0) is 25.1 Å². The number of fused-ring (bicyclic) bond motifs is 1. The maximum absolute atomic E-state index is 10.4. The summed E-state index contributed by atoms with van der Waals surface area (Å²) >= 11 is 13.7. The average molecular weight is 274 g/mol. The first-order valence-electron chi connectivity index (χ1n) is 4.80. The van der Waals surface area contributed by atoms with Gasteiger partial charge in [0.15, 0.2) is 0 Å². The molecule has 84 valence electrons. The van der Waals surface area contributed by atoms with Crippen LogP contribution >= 0.6 is 34.5 Å². The van der Waals surface area contributed by atoms with Crippen LogP contribution in [0.15, 0.2) is 23.4 Å². The first-order valence-corrected chi connectivity index (χ1v) is 6.38. The molecule has 0 aliphatic rings. The Balaban J connectivity index is 2.47. The molecule has 1 unspecified atom stereocenters. The molecule has 0 N–H and O–H groups in total. The quantitative estimate of drug-likeness (QED) is 0.731. The molecule has 0 aliphatic carbocycles. The van der Waals surface area contributed by atoms with Gasteiger partial charge in [-0.25, -0.2) is 0 Å². The van der Waals surface area contributed by atoms with Crippen LogP contribution in [0.25, 0.3) is 10.1 Å². The topological polar surface area (TPSA) is 29.4 Å². The lowest BCUT2D eigenvalue weighted by Gasteiger charge is -1.99. The van der Waals surface area contributed by atoms with Crippen LogP contribution in [0.2, 0.25) is 10.0 Å². The van der Waals surface area contributed by atoms with Gasteiger partial charge in [0.2, 0.25) is 0 Å². The molecular formula is C11H9Cl2NOS. The number of hydrogen-bond donors (Lipinski definition) is 0. The number of hydrogen-bond acceptors (Lipinski definition) is 3. The Morgan fingerprint density at radius 1 is 1.44 bits per heavy atom. The Morgan fingerprint density at radius 2 is 2.19 bits per heavy atom. The molecule has 2 rings (SSSR count). The third kappa shape index (κ3) is 2.21. The number of rotatable bonds is 3. The van der Waals surface area contributed by atoms with Crippen LogP contribution in [0.4, 0.5) is 0 Å². The summed E-state index contributed by atoms with van der Waals surface area (Å²) in [4.78, 5) is 11.4. The maximum atomic E-state index is 10.4. The van der Waals surface area contributed by atoms with E-state index < -0.39 is 0 Å². The zero-order valence-corrected chi connectivity index (χ0v) is 10.9. The SMILES string of the molecule is CC(Cc1sc2ccc(Cl)cc2c1Cl)N=O. The van der Waals surface area contributed by atoms with Gasteiger partial charge in [0.25, 0.3) is 0 Å². The first kappa shape index (κ1) is 11.8. The summed E-state index contributed by atoms with van der Waals surface area (Å²) in [5, 5.41) is 5.30. The third-order valence-electron chi connectivity index (χ3n) is 2.32. The minimum Gasteiger partial charge on any atom is -0.151 e. The maximum Gasteiger partial charge on any atom is 0.0940 e. The standard InChI is InChI=1S/C11H9Cl2NOS/c1-6(14-15)4-10-11(13)8-5-7(12)2-3-9(8)16-10/h2-3,5-6H,4H2,1H3. The molecule has 0 bridgehead atoms. The fourth-order valence-corrected chi connectivity index (χ4v) is 3.30. The van der Waals surface area contributed by atoms with Crippen molar-refractivity contribution in [2.45, 2.75) is 19.4 Å². The van der Waals surface area contributed by atoms with Crippen molar-refractivity contribution in [3.8, 4) is 0 Å². The molecule has 0 fully saturated rings. The van der Waals surface area contributed by atoms with Crippen LogP contribution in [-0.4, -0.2) is 6.04 Å². The van der Waals surface area contributed by atoms with Gasteiger partial charge < -0.3 is 0 Å². The molecule has 16 heavy (non-hydrogen) atoms. The van der Waals surface area contributed by atoms with Crippen molar-refractivity contribution in [1.29, 1.82) is 0 Å². The number of thiophene rings is 1. The van der Waals surface area contributed by atoms with Gasteiger partial charge in [-0.15, -0.1) is 11.3 Å². The number of halogens is 2. The minimum atomic E-state index is -0.249. The van der Waals surface area contributed by atoms with E-state index in [0.29, 0.717) is 16.5 Å². The first-order chi connectivity index (χ1) is 7.61. The van der Waals surface area contributed by atoms with E-state index >= 15 is 0 Å². The zero-order chi connectivity index (χ0) is 11.7. The van der Waals surface area contributed by atoms with E-state index in [-0.39, 0.29) is 6.04 Å². The smallest absolute Gasteiger partial charge is 0.0940 e. The number of nitrogens with zero attached hydrogens (tertiary/aromatic N) is 1. The fourth-order valence-electron chi connectivity index (χ4n) is 1.53. The molecule has 1 heterocycles. The lowest BCUT2D eigenvalue weighted by molar-refractivity contribution is 0.742. The molecule has 5 heteroatoms. The summed E-state index contributed by atoms with van der Waals surface area (Å²) in [7, 11) is 0. The van der Waals surface area contributed by atoms with E-state index in [0.717, 1.165) is 15.0 Å². The molecule has 2 nitrogen and oxygen atoms in total. The highest BCUT2D eigenvalue weighted by atomic mass is 35.5. The van der Waals surface area contributed by atoms with Crippen molar-refractivity contribution < 1.29 is 0 Å². The molecule has 0 amide bonds. The molecule has 2 aromatic rings. The largest absolute Gasteiger partial charge is 0.151 e. The summed E-state index contributed by atoms with van der Waals surface area (Å²) in [5.74, 6) is 0. The normalized spacial score (nSPS) is 12.9. The van der Waals surface area contributed by atoms with Gasteiger partial charge in [-0.1, -0.05) is 28.4 Å². The van der Waals surface area contributed by atoms with E-state index in [2.05, 4.69) is 5.18 Å². The average Bonchev–Trinajstić information content (AvgIpc) is 2.56. The second-order valence-electron chi connectivity index (χ2n) is 3.64. The monoisotopic (exact) mass is 273 g/mol. The molecule has 0 radical (unpaired) electrons. The summed E-state index contributed by atoms with van der Waals surface area (Å²) in [6, 6.07) is 5.37. The third-order valence-corrected chi connectivity index (χ3v) is 4.29. The van der Waals surface area contributed by atoms with Crippen LogP contribution < -0.4 is 0 Å². The lowest BCUT2D eigenvalue weighted by Crippen LogP contribution is -1.99. The van der Waals surface area contributed by atoms with E-state index in [1.54, 1.807) is 18.3 Å². The van der Waals surface area contributed by atoms with E-state index in [1.807, 2.05) is 18.2 Å². The zero-order valence-electron chi connectivity index (χ0n) is 8.54. The Kier molecular flexibility index (Phi) is 3.47. The van der Waals surface area contributed by atoms with Gasteiger partial charge >= 0.3 is 0 Å². The van der Waals surface area contributed by atoms with Crippen molar-refractivity contribution in [1.82, 2.24) is 0 Å². The molecule has 1 atom stereocenters. The van der Waals surface area contributed by atoms with E-state index in [9.17, 15) is 4.91 Å². The van der Waals surface area contributed by atoms with Gasteiger partial charge in [0.05, 0.1) is 11.1 Å². The highest BCUT2D eigenvalue weighted by Gasteiger charge is 2.13. The molecule has 0 aliphatic heterocycles. The summed E-state index contributed by atoms with van der Waals surface area (Å²) in [6.07, 6.45) is 0.583. The van der Waals surface area contributed by atoms with Crippen molar-refractivity contribution in [3.63, 3.8) is 0 Å². The van der Waals surface area contributed by atoms with E-state index in [4.69, 9.17) is 23.2 Å². The Bertz CT molecular complexity index is 538. The van der Waals surface area contributed by atoms with Gasteiger partial charge in [0.1, 0.15) is 0 Å². The number of nitroso groups, excluding NO2 is 1. The predicted octanol–water partition coefficient (Wildman–Crippen LogP) is 4.91. The second kappa shape index (κ2) is 4.70. The highest BCUT2D eigenvalue weighted by Crippen LogP contribution is 2.37. The Morgan fingerprint density at radius 3 is 2.88 bits per heavy atom.